The van der Waals surface area contributed by atoms with Crippen molar-refractivity contribution in [1.82, 2.24) is 10.2 Å². The lowest BCUT2D eigenvalue weighted by Crippen LogP contribution is -2.46. The highest BCUT2D eigenvalue weighted by molar-refractivity contribution is 5.95. The average molecular weight is 449 g/mol. The van der Waals surface area contributed by atoms with E-state index in [9.17, 15) is 9.59 Å². The SMILES string of the molecule is CC1CN(Cc2cccc(NC(=O)CNC(=O)[C@@H](N)C(C)C)c2)CC(C)O1.Cl.Cl. The van der Waals surface area contributed by atoms with Gasteiger partial charge in [0.25, 0.3) is 0 Å². The molecule has 0 aromatic heterocycles. The smallest absolute Gasteiger partial charge is 0.243 e. The van der Waals surface area contributed by atoms with Gasteiger partial charge in [0.2, 0.25) is 11.8 Å². The molecule has 7 nitrogen and oxygen atoms in total. The number of amides is 2. The standard InChI is InChI=1S/C20H32N4O3.2ClH/c1-13(2)19(21)20(26)22-9-18(25)23-17-7-5-6-16(8-17)12-24-10-14(3)27-15(4)11-24;;/h5-8,13-15,19H,9-12,21H2,1-4H3,(H,22,26)(H,23,25);2*1H/t14?,15?,19-;;/m0../s1. The lowest BCUT2D eigenvalue weighted by atomic mass is 10.1. The zero-order chi connectivity index (χ0) is 20.0. The van der Waals surface area contributed by atoms with E-state index in [1.165, 1.54) is 0 Å². The van der Waals surface area contributed by atoms with Gasteiger partial charge in [-0.1, -0.05) is 26.0 Å². The van der Waals surface area contributed by atoms with Gasteiger partial charge < -0.3 is 21.1 Å². The van der Waals surface area contributed by atoms with E-state index in [0.29, 0.717) is 5.69 Å². The van der Waals surface area contributed by atoms with Gasteiger partial charge in [0.15, 0.2) is 0 Å². The van der Waals surface area contributed by atoms with Crippen LogP contribution in [0.2, 0.25) is 0 Å². The quantitative estimate of drug-likeness (QED) is 0.593. The van der Waals surface area contributed by atoms with E-state index in [1.807, 2.05) is 38.1 Å². The minimum absolute atomic E-state index is 0. The molecule has 0 radical (unpaired) electrons. The van der Waals surface area contributed by atoms with Crippen LogP contribution in [0.4, 0.5) is 5.69 Å². The Morgan fingerprint density at radius 1 is 1.21 bits per heavy atom. The summed E-state index contributed by atoms with van der Waals surface area (Å²) in [4.78, 5) is 26.3. The first-order chi connectivity index (χ1) is 12.7. The Labute approximate surface area is 185 Å². The van der Waals surface area contributed by atoms with Gasteiger partial charge in [-0.15, -0.1) is 24.8 Å². The van der Waals surface area contributed by atoms with Crippen LogP contribution in [-0.4, -0.2) is 54.6 Å². The van der Waals surface area contributed by atoms with Gasteiger partial charge in [0, 0.05) is 25.3 Å². The summed E-state index contributed by atoms with van der Waals surface area (Å²) in [6, 6.07) is 7.16. The topological polar surface area (TPSA) is 96.7 Å². The van der Waals surface area contributed by atoms with Gasteiger partial charge in [-0.3, -0.25) is 14.5 Å². The highest BCUT2D eigenvalue weighted by atomic mass is 35.5. The molecule has 1 fully saturated rings. The second-order valence-electron chi connectivity index (χ2n) is 7.69. The molecule has 9 heteroatoms. The maximum Gasteiger partial charge on any atom is 0.243 e. The van der Waals surface area contributed by atoms with Crippen LogP contribution in [0, 0.1) is 5.92 Å². The monoisotopic (exact) mass is 448 g/mol. The molecule has 2 unspecified atom stereocenters. The summed E-state index contributed by atoms with van der Waals surface area (Å²) in [5.41, 5.74) is 7.61. The van der Waals surface area contributed by atoms with Gasteiger partial charge in [0.1, 0.15) is 0 Å². The second kappa shape index (κ2) is 13.0. The van der Waals surface area contributed by atoms with Crippen molar-refractivity contribution in [3.63, 3.8) is 0 Å². The summed E-state index contributed by atoms with van der Waals surface area (Å²) < 4.78 is 5.77. The number of morpholine rings is 1. The van der Waals surface area contributed by atoms with Gasteiger partial charge in [-0.2, -0.15) is 0 Å². The summed E-state index contributed by atoms with van der Waals surface area (Å²) >= 11 is 0. The Kier molecular flexibility index (Phi) is 12.4. The van der Waals surface area contributed by atoms with Crippen molar-refractivity contribution in [2.24, 2.45) is 11.7 Å². The molecule has 1 aromatic carbocycles. The van der Waals surface area contributed by atoms with E-state index in [1.54, 1.807) is 0 Å². The van der Waals surface area contributed by atoms with Crippen LogP contribution >= 0.6 is 24.8 Å². The van der Waals surface area contributed by atoms with Crippen molar-refractivity contribution in [2.75, 3.05) is 25.0 Å². The lowest BCUT2D eigenvalue weighted by Gasteiger charge is -2.35. The molecular formula is C20H34Cl2N4O3. The number of benzene rings is 1. The average Bonchev–Trinajstić information content (AvgIpc) is 2.58. The predicted octanol–water partition coefficient (Wildman–Crippen LogP) is 2.18. The fourth-order valence-electron chi connectivity index (χ4n) is 3.21. The van der Waals surface area contributed by atoms with Crippen LogP contribution in [0.5, 0.6) is 0 Å². The third-order valence-corrected chi connectivity index (χ3v) is 4.56. The first-order valence-electron chi connectivity index (χ1n) is 9.54. The van der Waals surface area contributed by atoms with E-state index >= 15 is 0 Å². The maximum absolute atomic E-state index is 12.1. The number of nitrogens with one attached hydrogen (secondary N) is 2. The molecule has 1 aliphatic heterocycles. The minimum atomic E-state index is -0.612. The first-order valence-corrected chi connectivity index (χ1v) is 9.54. The molecule has 1 heterocycles. The number of nitrogens with two attached hydrogens (primary N) is 1. The number of carbonyl (C=O) groups excluding carboxylic acids is 2. The summed E-state index contributed by atoms with van der Waals surface area (Å²) in [5, 5.41) is 5.40. The molecule has 1 aromatic rings. The van der Waals surface area contributed by atoms with E-state index < -0.39 is 6.04 Å². The summed E-state index contributed by atoms with van der Waals surface area (Å²) in [5.74, 6) is -0.565. The third kappa shape index (κ3) is 9.31. The Morgan fingerprint density at radius 2 is 1.83 bits per heavy atom. The summed E-state index contributed by atoms with van der Waals surface area (Å²) in [7, 11) is 0. The Hall–Kier alpha value is -1.38. The van der Waals surface area contributed by atoms with Gasteiger partial charge in [-0.25, -0.2) is 0 Å². The molecule has 166 valence electrons. The Morgan fingerprint density at radius 3 is 2.41 bits per heavy atom. The predicted molar refractivity (Wildman–Crippen MR) is 121 cm³/mol. The van der Waals surface area contributed by atoms with E-state index in [2.05, 4.69) is 29.4 Å². The van der Waals surface area contributed by atoms with Crippen molar-refractivity contribution in [2.45, 2.75) is 52.5 Å². The molecule has 2 amide bonds. The molecule has 0 saturated carbocycles. The van der Waals surface area contributed by atoms with Crippen molar-refractivity contribution < 1.29 is 14.3 Å². The minimum Gasteiger partial charge on any atom is -0.373 e. The largest absolute Gasteiger partial charge is 0.373 e. The Balaban J connectivity index is 0.00000392. The normalized spacial score (nSPS) is 20.2. The second-order valence-corrected chi connectivity index (χ2v) is 7.69. The molecule has 0 aliphatic carbocycles. The molecular weight excluding hydrogens is 415 g/mol. The first kappa shape index (κ1) is 27.6. The fraction of sp³-hybridized carbons (Fsp3) is 0.600. The van der Waals surface area contributed by atoms with Crippen LogP contribution in [0.3, 0.4) is 0 Å². The fourth-order valence-corrected chi connectivity index (χ4v) is 3.21. The van der Waals surface area contributed by atoms with Gasteiger partial charge >= 0.3 is 0 Å². The van der Waals surface area contributed by atoms with Gasteiger partial charge in [-0.05, 0) is 37.5 Å². The third-order valence-electron chi connectivity index (χ3n) is 4.56. The molecule has 0 spiro atoms. The number of carbonyl (C=O) groups is 2. The van der Waals surface area contributed by atoms with Crippen molar-refractivity contribution in [3.8, 4) is 0 Å². The number of halogens is 2. The van der Waals surface area contributed by atoms with Crippen LogP contribution in [-0.2, 0) is 20.9 Å². The number of nitrogens with zero attached hydrogens (tertiary/aromatic N) is 1. The van der Waals surface area contributed by atoms with Crippen LogP contribution < -0.4 is 16.4 Å². The van der Waals surface area contributed by atoms with Crippen LogP contribution in [0.15, 0.2) is 24.3 Å². The zero-order valence-corrected chi connectivity index (χ0v) is 19.1. The van der Waals surface area contributed by atoms with Crippen molar-refractivity contribution in [3.05, 3.63) is 29.8 Å². The summed E-state index contributed by atoms with van der Waals surface area (Å²) in [6.07, 6.45) is 0.440. The lowest BCUT2D eigenvalue weighted by molar-refractivity contribution is -0.125. The molecule has 1 saturated heterocycles. The van der Waals surface area contributed by atoms with Crippen molar-refractivity contribution in [1.29, 1.82) is 0 Å². The molecule has 3 atom stereocenters. The number of rotatable bonds is 7. The van der Waals surface area contributed by atoms with Crippen molar-refractivity contribution >= 4 is 42.3 Å². The van der Waals surface area contributed by atoms with Gasteiger partial charge in [0.05, 0.1) is 24.8 Å². The summed E-state index contributed by atoms with van der Waals surface area (Å²) in [6.45, 7) is 10.4. The molecule has 0 bridgehead atoms. The molecule has 29 heavy (non-hydrogen) atoms. The molecule has 2 rings (SSSR count). The number of hydrogen-bond donors (Lipinski definition) is 3. The van der Waals surface area contributed by atoms with Crippen LogP contribution in [0.1, 0.15) is 33.3 Å². The molecule has 1 aliphatic rings. The molecule has 4 N–H and O–H groups in total. The Bertz CT molecular complexity index is 650. The highest BCUT2D eigenvalue weighted by Crippen LogP contribution is 2.17. The zero-order valence-electron chi connectivity index (χ0n) is 17.5. The number of anilines is 1. The highest BCUT2D eigenvalue weighted by Gasteiger charge is 2.22. The number of ether oxygens (including phenoxy) is 1. The van der Waals surface area contributed by atoms with E-state index in [4.69, 9.17) is 10.5 Å². The van der Waals surface area contributed by atoms with Crippen LogP contribution in [0.25, 0.3) is 0 Å². The van der Waals surface area contributed by atoms with E-state index in [-0.39, 0.29) is 61.3 Å². The van der Waals surface area contributed by atoms with E-state index in [0.717, 1.165) is 25.2 Å². The number of hydrogen-bond acceptors (Lipinski definition) is 5. The maximum atomic E-state index is 12.1.